The fourth-order valence-corrected chi connectivity index (χ4v) is 4.41. The van der Waals surface area contributed by atoms with E-state index in [1.165, 1.54) is 32.2 Å². The second-order valence-corrected chi connectivity index (χ2v) is 8.79. The standard InChI is InChI=1S/C23H27FN4O4S/c1-4-33-26-18-10-14(9-17(24)22(18)32-3)19-12-25-21-11-20(31-2)16(13-28(19)21)23(30)27-7-5-15(29)6-8-27/h9-13,15,26,29H,4-8H2,1-3H3. The number of benzene rings is 1. The predicted molar refractivity (Wildman–Crippen MR) is 127 cm³/mol. The van der Waals surface area contributed by atoms with Gasteiger partial charge in [-0.15, -0.1) is 0 Å². The highest BCUT2D eigenvalue weighted by molar-refractivity contribution is 8.00. The van der Waals surface area contributed by atoms with Crippen LogP contribution in [0.15, 0.2) is 30.6 Å². The maximum Gasteiger partial charge on any atom is 0.259 e. The van der Waals surface area contributed by atoms with Crippen LogP contribution < -0.4 is 14.2 Å². The fraction of sp³-hybridized carbons (Fsp3) is 0.391. The van der Waals surface area contributed by atoms with Crippen molar-refractivity contribution in [2.24, 2.45) is 0 Å². The van der Waals surface area contributed by atoms with Gasteiger partial charge < -0.3 is 24.2 Å². The van der Waals surface area contributed by atoms with Crippen LogP contribution in [0.3, 0.4) is 0 Å². The van der Waals surface area contributed by atoms with Crippen LogP contribution in [0.25, 0.3) is 16.9 Å². The topological polar surface area (TPSA) is 88.3 Å². The van der Waals surface area contributed by atoms with Crippen LogP contribution in [0.5, 0.6) is 11.5 Å². The number of hydrogen-bond donors (Lipinski definition) is 2. The van der Waals surface area contributed by atoms with Crippen molar-refractivity contribution in [1.29, 1.82) is 0 Å². The maximum absolute atomic E-state index is 14.8. The monoisotopic (exact) mass is 474 g/mol. The third kappa shape index (κ3) is 4.58. The Kier molecular flexibility index (Phi) is 6.94. The Hall–Kier alpha value is -2.98. The Labute approximate surface area is 195 Å². The molecule has 0 radical (unpaired) electrons. The summed E-state index contributed by atoms with van der Waals surface area (Å²) < 4.78 is 30.4. The molecule has 1 amide bonds. The summed E-state index contributed by atoms with van der Waals surface area (Å²) in [5.41, 5.74) is 2.69. The molecule has 10 heteroatoms. The van der Waals surface area contributed by atoms with Gasteiger partial charge in [0.05, 0.1) is 43.5 Å². The first-order valence-electron chi connectivity index (χ1n) is 10.7. The van der Waals surface area contributed by atoms with Crippen LogP contribution in [0, 0.1) is 5.82 Å². The largest absolute Gasteiger partial charge is 0.496 e. The van der Waals surface area contributed by atoms with Crippen molar-refractivity contribution in [2.75, 3.05) is 37.8 Å². The number of hydrogen-bond acceptors (Lipinski definition) is 7. The molecule has 2 aromatic heterocycles. The number of ether oxygens (including phenoxy) is 2. The molecule has 1 aliphatic rings. The van der Waals surface area contributed by atoms with Gasteiger partial charge in [-0.3, -0.25) is 9.20 Å². The maximum atomic E-state index is 14.8. The lowest BCUT2D eigenvalue weighted by molar-refractivity contribution is 0.0543. The second kappa shape index (κ2) is 9.88. The lowest BCUT2D eigenvalue weighted by atomic mass is 10.1. The molecule has 0 aliphatic carbocycles. The number of amides is 1. The van der Waals surface area contributed by atoms with E-state index < -0.39 is 5.82 Å². The summed E-state index contributed by atoms with van der Waals surface area (Å²) >= 11 is 1.43. The molecule has 1 aromatic carbocycles. The quantitative estimate of drug-likeness (QED) is 0.503. The van der Waals surface area contributed by atoms with Gasteiger partial charge in [0.25, 0.3) is 5.91 Å². The van der Waals surface area contributed by atoms with Crippen LogP contribution in [0.1, 0.15) is 30.1 Å². The number of aliphatic hydroxyl groups is 1. The van der Waals surface area contributed by atoms with E-state index >= 15 is 0 Å². The third-order valence-corrected chi connectivity index (χ3v) is 6.33. The number of pyridine rings is 1. The first kappa shape index (κ1) is 23.2. The molecule has 1 aliphatic heterocycles. The predicted octanol–water partition coefficient (Wildman–Crippen LogP) is 3.83. The van der Waals surface area contributed by atoms with E-state index in [9.17, 15) is 14.3 Å². The number of nitrogens with zero attached hydrogens (tertiary/aromatic N) is 3. The van der Waals surface area contributed by atoms with Crippen LogP contribution in [0.2, 0.25) is 0 Å². The molecule has 3 aromatic rings. The first-order chi connectivity index (χ1) is 16.0. The van der Waals surface area contributed by atoms with Gasteiger partial charge in [0.15, 0.2) is 11.6 Å². The van der Waals surface area contributed by atoms with E-state index in [0.717, 1.165) is 5.75 Å². The zero-order chi connectivity index (χ0) is 23.5. The van der Waals surface area contributed by atoms with Gasteiger partial charge in [-0.2, -0.15) is 0 Å². The van der Waals surface area contributed by atoms with Crippen molar-refractivity contribution < 1.29 is 23.8 Å². The van der Waals surface area contributed by atoms with Gasteiger partial charge in [-0.1, -0.05) is 18.9 Å². The Morgan fingerprint density at radius 3 is 2.70 bits per heavy atom. The number of halogens is 1. The molecule has 1 fully saturated rings. The summed E-state index contributed by atoms with van der Waals surface area (Å²) in [5, 5.41) is 9.77. The summed E-state index contributed by atoms with van der Waals surface area (Å²) in [6, 6.07) is 4.88. The Morgan fingerprint density at radius 1 is 1.27 bits per heavy atom. The summed E-state index contributed by atoms with van der Waals surface area (Å²) in [5.74, 6) is 0.670. The molecular weight excluding hydrogens is 447 g/mol. The van der Waals surface area contributed by atoms with E-state index in [1.54, 1.807) is 33.8 Å². The number of fused-ring (bicyclic) bond motifs is 1. The molecule has 0 spiro atoms. The van der Waals surface area contributed by atoms with E-state index in [-0.39, 0.29) is 17.8 Å². The minimum absolute atomic E-state index is 0.137. The molecule has 3 heterocycles. The molecule has 2 N–H and O–H groups in total. The number of carbonyl (C=O) groups excluding carboxylic acids is 1. The Balaban J connectivity index is 1.78. The van der Waals surface area contributed by atoms with E-state index in [2.05, 4.69) is 9.71 Å². The van der Waals surface area contributed by atoms with E-state index in [4.69, 9.17) is 9.47 Å². The van der Waals surface area contributed by atoms with Crippen molar-refractivity contribution >= 4 is 29.2 Å². The summed E-state index contributed by atoms with van der Waals surface area (Å²) in [6.07, 6.45) is 4.03. The molecule has 1 saturated heterocycles. The normalized spacial score (nSPS) is 14.5. The number of rotatable bonds is 7. The van der Waals surface area contributed by atoms with Gasteiger partial charge in [0.1, 0.15) is 11.4 Å². The average molecular weight is 475 g/mol. The minimum Gasteiger partial charge on any atom is -0.496 e. The molecule has 0 saturated carbocycles. The molecular formula is C23H27FN4O4S. The highest BCUT2D eigenvalue weighted by Crippen LogP contribution is 2.36. The summed E-state index contributed by atoms with van der Waals surface area (Å²) in [7, 11) is 2.94. The van der Waals surface area contributed by atoms with Crippen molar-refractivity contribution in [3.8, 4) is 22.8 Å². The number of anilines is 1. The van der Waals surface area contributed by atoms with Gasteiger partial charge in [-0.05, 0) is 25.0 Å². The average Bonchev–Trinajstić information content (AvgIpc) is 3.24. The smallest absolute Gasteiger partial charge is 0.259 e. The van der Waals surface area contributed by atoms with Gasteiger partial charge in [-0.25, -0.2) is 9.37 Å². The third-order valence-electron chi connectivity index (χ3n) is 5.68. The summed E-state index contributed by atoms with van der Waals surface area (Å²) in [6.45, 7) is 2.95. The summed E-state index contributed by atoms with van der Waals surface area (Å²) in [4.78, 5) is 19.4. The number of piperidine rings is 1. The van der Waals surface area contributed by atoms with Gasteiger partial charge >= 0.3 is 0 Å². The highest BCUT2D eigenvalue weighted by Gasteiger charge is 2.26. The minimum atomic E-state index is -0.499. The van der Waals surface area contributed by atoms with Crippen molar-refractivity contribution in [3.05, 3.63) is 42.0 Å². The Bertz CT molecular complexity index is 1160. The highest BCUT2D eigenvalue weighted by atomic mass is 32.2. The molecule has 0 bridgehead atoms. The zero-order valence-corrected chi connectivity index (χ0v) is 19.6. The molecule has 0 unspecified atom stereocenters. The number of likely N-dealkylation sites (tertiary alicyclic amines) is 1. The van der Waals surface area contributed by atoms with E-state index in [0.29, 0.717) is 59.8 Å². The number of aliphatic hydroxyl groups excluding tert-OH is 1. The fourth-order valence-electron chi connectivity index (χ4n) is 3.96. The number of imidazole rings is 1. The van der Waals surface area contributed by atoms with E-state index in [1.807, 2.05) is 6.92 Å². The first-order valence-corrected chi connectivity index (χ1v) is 11.7. The lowest BCUT2D eigenvalue weighted by Crippen LogP contribution is -2.40. The Morgan fingerprint density at radius 2 is 2.03 bits per heavy atom. The van der Waals surface area contributed by atoms with Crippen molar-refractivity contribution in [2.45, 2.75) is 25.9 Å². The van der Waals surface area contributed by atoms with Crippen molar-refractivity contribution in [1.82, 2.24) is 14.3 Å². The lowest BCUT2D eigenvalue weighted by Gasteiger charge is -2.30. The molecule has 176 valence electrons. The number of nitrogens with one attached hydrogen (secondary N) is 1. The van der Waals surface area contributed by atoms with Crippen LogP contribution in [-0.2, 0) is 0 Å². The number of carbonyl (C=O) groups is 1. The molecule has 33 heavy (non-hydrogen) atoms. The number of methoxy groups -OCH3 is 2. The molecule has 8 nitrogen and oxygen atoms in total. The molecule has 4 rings (SSSR count). The second-order valence-electron chi connectivity index (χ2n) is 7.72. The zero-order valence-electron chi connectivity index (χ0n) is 18.8. The van der Waals surface area contributed by atoms with Crippen molar-refractivity contribution in [3.63, 3.8) is 0 Å². The van der Waals surface area contributed by atoms with Crippen LogP contribution >= 0.6 is 11.9 Å². The SMILES string of the molecule is CCSNc1cc(-c2cnc3cc(OC)c(C(=O)N4CCC(O)CC4)cn23)cc(F)c1OC. The molecule has 0 atom stereocenters. The number of aromatic nitrogens is 2. The van der Waals surface area contributed by atoms with Crippen LogP contribution in [-0.4, -0.2) is 64.5 Å². The van der Waals surface area contributed by atoms with Gasteiger partial charge in [0, 0.05) is 36.7 Å². The van der Waals surface area contributed by atoms with Crippen LogP contribution in [0.4, 0.5) is 10.1 Å². The van der Waals surface area contributed by atoms with Gasteiger partial charge in [0.2, 0.25) is 0 Å².